The lowest BCUT2D eigenvalue weighted by molar-refractivity contribution is -0.142. The molecular weight excluding hydrogens is 266 g/mol. The van der Waals surface area contributed by atoms with Gasteiger partial charge < -0.3 is 4.74 Å². The first kappa shape index (κ1) is 14.3. The minimum absolute atomic E-state index is 0.0488. The van der Waals surface area contributed by atoms with E-state index in [9.17, 15) is 13.6 Å². The van der Waals surface area contributed by atoms with Gasteiger partial charge >= 0.3 is 5.97 Å². The lowest BCUT2D eigenvalue weighted by atomic mass is 10.1. The van der Waals surface area contributed by atoms with Gasteiger partial charge in [-0.15, -0.1) is 0 Å². The minimum atomic E-state index is -2.86. The fourth-order valence-corrected chi connectivity index (χ4v) is 1.58. The van der Waals surface area contributed by atoms with E-state index in [2.05, 4.69) is 9.72 Å². The van der Waals surface area contributed by atoms with Crippen LogP contribution in [0, 0.1) is 11.3 Å². The molecule has 0 saturated carbocycles. The standard InChI is InChI=1S/C11H9ClF2N2O2/c1-2-18-9(17)4-6-3-7(11(13)14)8(5-15)10(12)16-6/h3,11H,2,4H2,1H3. The van der Waals surface area contributed by atoms with E-state index >= 15 is 0 Å². The molecule has 0 radical (unpaired) electrons. The van der Waals surface area contributed by atoms with Gasteiger partial charge in [-0.1, -0.05) is 11.6 Å². The van der Waals surface area contributed by atoms with Crippen LogP contribution in [0.4, 0.5) is 8.78 Å². The van der Waals surface area contributed by atoms with E-state index in [0.717, 1.165) is 6.07 Å². The summed E-state index contributed by atoms with van der Waals surface area (Å²) < 4.78 is 30.1. The molecule has 4 nitrogen and oxygen atoms in total. The maximum Gasteiger partial charge on any atom is 0.311 e. The topological polar surface area (TPSA) is 63.0 Å². The predicted molar refractivity (Wildman–Crippen MR) is 59.3 cm³/mol. The van der Waals surface area contributed by atoms with E-state index < -0.39 is 18.0 Å². The van der Waals surface area contributed by atoms with Crippen molar-refractivity contribution in [3.8, 4) is 6.07 Å². The van der Waals surface area contributed by atoms with Gasteiger partial charge in [-0.2, -0.15) is 5.26 Å². The highest BCUT2D eigenvalue weighted by molar-refractivity contribution is 6.30. The van der Waals surface area contributed by atoms with Crippen molar-refractivity contribution in [2.45, 2.75) is 19.8 Å². The van der Waals surface area contributed by atoms with Crippen molar-refractivity contribution in [1.29, 1.82) is 5.26 Å². The quantitative estimate of drug-likeness (QED) is 0.625. The summed E-state index contributed by atoms with van der Waals surface area (Å²) in [6, 6.07) is 2.55. The van der Waals surface area contributed by atoms with E-state index in [4.69, 9.17) is 16.9 Å². The summed E-state index contributed by atoms with van der Waals surface area (Å²) in [6.07, 6.45) is -3.12. The van der Waals surface area contributed by atoms with Crippen molar-refractivity contribution in [3.05, 3.63) is 28.0 Å². The third kappa shape index (κ3) is 3.37. The Morgan fingerprint density at radius 3 is 2.83 bits per heavy atom. The third-order valence-corrected chi connectivity index (χ3v) is 2.31. The molecule has 0 N–H and O–H groups in total. The van der Waals surface area contributed by atoms with Crippen LogP contribution in [0.5, 0.6) is 0 Å². The molecule has 96 valence electrons. The molecule has 0 fully saturated rings. The zero-order valence-electron chi connectivity index (χ0n) is 9.41. The number of ether oxygens (including phenoxy) is 1. The van der Waals surface area contributed by atoms with Gasteiger partial charge in [0.25, 0.3) is 6.43 Å². The molecular formula is C11H9ClF2N2O2. The Kier molecular flexibility index (Phi) is 4.98. The summed E-state index contributed by atoms with van der Waals surface area (Å²) in [5.74, 6) is -0.592. The molecule has 0 aliphatic heterocycles. The summed E-state index contributed by atoms with van der Waals surface area (Å²) in [6.45, 7) is 1.81. The maximum absolute atomic E-state index is 12.7. The fraction of sp³-hybridized carbons (Fsp3) is 0.364. The van der Waals surface area contributed by atoms with Crippen LogP contribution in [-0.4, -0.2) is 17.6 Å². The van der Waals surface area contributed by atoms with Crippen LogP contribution in [0.2, 0.25) is 5.15 Å². The highest BCUT2D eigenvalue weighted by atomic mass is 35.5. The Morgan fingerprint density at radius 1 is 1.67 bits per heavy atom. The number of rotatable bonds is 4. The summed E-state index contributed by atoms with van der Waals surface area (Å²) in [4.78, 5) is 14.9. The van der Waals surface area contributed by atoms with Crippen molar-refractivity contribution in [2.24, 2.45) is 0 Å². The van der Waals surface area contributed by atoms with E-state index in [1.165, 1.54) is 0 Å². The number of carbonyl (C=O) groups excluding carboxylic acids is 1. The van der Waals surface area contributed by atoms with Gasteiger partial charge in [-0.25, -0.2) is 13.8 Å². The van der Waals surface area contributed by atoms with E-state index in [1.54, 1.807) is 13.0 Å². The van der Waals surface area contributed by atoms with E-state index in [0.29, 0.717) is 0 Å². The lowest BCUT2D eigenvalue weighted by Gasteiger charge is -2.07. The van der Waals surface area contributed by atoms with Crippen LogP contribution >= 0.6 is 11.6 Å². The molecule has 7 heteroatoms. The molecule has 0 unspecified atom stereocenters. The summed E-state index contributed by atoms with van der Waals surface area (Å²) in [5.41, 5.74) is -0.858. The smallest absolute Gasteiger partial charge is 0.311 e. The average Bonchev–Trinajstić information content (AvgIpc) is 2.28. The number of pyridine rings is 1. The Morgan fingerprint density at radius 2 is 2.33 bits per heavy atom. The van der Waals surface area contributed by atoms with Crippen molar-refractivity contribution in [2.75, 3.05) is 6.61 Å². The molecule has 0 spiro atoms. The van der Waals surface area contributed by atoms with Gasteiger partial charge in [0, 0.05) is 5.56 Å². The Balaban J connectivity index is 3.10. The molecule has 1 aromatic rings. The number of hydrogen-bond acceptors (Lipinski definition) is 4. The molecule has 18 heavy (non-hydrogen) atoms. The molecule has 0 saturated heterocycles. The highest BCUT2D eigenvalue weighted by Gasteiger charge is 2.19. The predicted octanol–water partition coefficient (Wildman–Crippen LogP) is 2.65. The number of alkyl halides is 2. The number of esters is 1. The van der Waals surface area contributed by atoms with Crippen LogP contribution in [0.3, 0.4) is 0 Å². The second-order valence-corrected chi connectivity index (χ2v) is 3.62. The molecule has 0 amide bonds. The van der Waals surface area contributed by atoms with Crippen LogP contribution in [0.1, 0.15) is 30.2 Å². The SMILES string of the molecule is CCOC(=O)Cc1cc(C(F)F)c(C#N)c(Cl)n1. The van der Waals surface area contributed by atoms with Gasteiger partial charge in [-0.05, 0) is 13.0 Å². The number of halogens is 3. The monoisotopic (exact) mass is 274 g/mol. The lowest BCUT2D eigenvalue weighted by Crippen LogP contribution is -2.10. The molecule has 0 aliphatic rings. The maximum atomic E-state index is 12.7. The minimum Gasteiger partial charge on any atom is -0.466 e. The van der Waals surface area contributed by atoms with Crippen LogP contribution in [-0.2, 0) is 16.0 Å². The summed E-state index contributed by atoms with van der Waals surface area (Å²) in [5, 5.41) is 8.37. The first-order chi connectivity index (χ1) is 8.49. The van der Waals surface area contributed by atoms with Gasteiger partial charge in [0.1, 0.15) is 11.2 Å². The average molecular weight is 275 g/mol. The van der Waals surface area contributed by atoms with Gasteiger partial charge in [0.05, 0.1) is 24.3 Å². The van der Waals surface area contributed by atoms with Crippen molar-refractivity contribution >= 4 is 17.6 Å². The molecule has 1 rings (SSSR count). The molecule has 1 heterocycles. The molecule has 0 aliphatic carbocycles. The number of hydrogen-bond donors (Lipinski definition) is 0. The zero-order chi connectivity index (χ0) is 13.7. The fourth-order valence-electron chi connectivity index (χ4n) is 1.32. The van der Waals surface area contributed by atoms with Gasteiger partial charge in [-0.3, -0.25) is 4.79 Å². The highest BCUT2D eigenvalue weighted by Crippen LogP contribution is 2.27. The Bertz CT molecular complexity index is 501. The Labute approximate surface area is 107 Å². The number of aromatic nitrogens is 1. The van der Waals surface area contributed by atoms with E-state index in [1.807, 2.05) is 0 Å². The first-order valence-corrected chi connectivity index (χ1v) is 5.40. The molecule has 0 aromatic carbocycles. The number of nitriles is 1. The Hall–Kier alpha value is -1.74. The number of nitrogens with zero attached hydrogens (tertiary/aromatic N) is 2. The van der Waals surface area contributed by atoms with Gasteiger partial charge in [0.15, 0.2) is 0 Å². The molecule has 0 atom stereocenters. The molecule has 1 aromatic heterocycles. The van der Waals surface area contributed by atoms with Gasteiger partial charge in [0.2, 0.25) is 0 Å². The van der Waals surface area contributed by atoms with Crippen LogP contribution < -0.4 is 0 Å². The largest absolute Gasteiger partial charge is 0.466 e. The first-order valence-electron chi connectivity index (χ1n) is 5.02. The summed E-state index contributed by atoms with van der Waals surface area (Å²) in [7, 11) is 0. The zero-order valence-corrected chi connectivity index (χ0v) is 10.2. The second kappa shape index (κ2) is 6.26. The van der Waals surface area contributed by atoms with Crippen LogP contribution in [0.15, 0.2) is 6.07 Å². The molecule has 0 bridgehead atoms. The summed E-state index contributed by atoms with van der Waals surface area (Å²) >= 11 is 5.62. The normalized spacial score (nSPS) is 10.2. The van der Waals surface area contributed by atoms with Crippen molar-refractivity contribution in [3.63, 3.8) is 0 Å². The van der Waals surface area contributed by atoms with E-state index in [-0.39, 0.29) is 29.4 Å². The number of carbonyl (C=O) groups is 1. The van der Waals surface area contributed by atoms with Crippen molar-refractivity contribution in [1.82, 2.24) is 4.98 Å². The van der Waals surface area contributed by atoms with Crippen molar-refractivity contribution < 1.29 is 18.3 Å². The third-order valence-electron chi connectivity index (χ3n) is 2.04. The van der Waals surface area contributed by atoms with Crippen LogP contribution in [0.25, 0.3) is 0 Å². The second-order valence-electron chi connectivity index (χ2n) is 3.26.